The minimum atomic E-state index is -1.82. The van der Waals surface area contributed by atoms with E-state index < -0.39 is 8.32 Å². The highest BCUT2D eigenvalue weighted by Crippen LogP contribution is 2.43. The van der Waals surface area contributed by atoms with Gasteiger partial charge in [-0.1, -0.05) is 41.5 Å². The van der Waals surface area contributed by atoms with Crippen LogP contribution in [-0.2, 0) is 0 Å². The van der Waals surface area contributed by atoms with Crippen molar-refractivity contribution in [1.29, 1.82) is 0 Å². The van der Waals surface area contributed by atoms with Crippen LogP contribution >= 0.6 is 22.6 Å². The Kier molecular flexibility index (Phi) is 5.92. The lowest BCUT2D eigenvalue weighted by Crippen LogP contribution is -2.50. The van der Waals surface area contributed by atoms with Crippen molar-refractivity contribution in [3.63, 3.8) is 0 Å². The Morgan fingerprint density at radius 3 is 1.79 bits per heavy atom. The molecule has 1 nitrogen and oxygen atoms in total. The van der Waals surface area contributed by atoms with E-state index in [1.807, 2.05) is 0 Å². The Morgan fingerprint density at radius 2 is 1.42 bits per heavy atom. The molecular weight excluding hydrogens is 363 g/mol. The fraction of sp³-hybridized carbons (Fsp3) is 0.625. The molecule has 0 aromatic heterocycles. The van der Waals surface area contributed by atoms with Crippen LogP contribution in [0, 0.1) is 10.5 Å². The average Bonchev–Trinajstić information content (AvgIpc) is 2.26. The fourth-order valence-electron chi connectivity index (χ4n) is 3.27. The number of hydrogen-bond acceptors (Lipinski definition) is 1. The van der Waals surface area contributed by atoms with E-state index in [0.29, 0.717) is 16.6 Å². The predicted molar refractivity (Wildman–Crippen MR) is 95.6 cm³/mol. The summed E-state index contributed by atoms with van der Waals surface area (Å²) < 4.78 is 7.98. The summed E-state index contributed by atoms with van der Waals surface area (Å²) >= 11 is 2.36. The molecular formula is C16H27IOSi. The molecule has 108 valence electrons. The molecule has 0 aliphatic carbocycles. The van der Waals surface area contributed by atoms with Gasteiger partial charge in [0.05, 0.1) is 0 Å². The van der Waals surface area contributed by atoms with Gasteiger partial charge in [-0.05, 0) is 69.9 Å². The maximum absolute atomic E-state index is 6.71. The van der Waals surface area contributed by atoms with Crippen LogP contribution < -0.4 is 4.43 Å². The Balaban J connectivity index is 3.21. The second kappa shape index (κ2) is 6.61. The fourth-order valence-corrected chi connectivity index (χ4v) is 9.24. The normalized spacial score (nSPS) is 12.6. The highest BCUT2D eigenvalue weighted by molar-refractivity contribution is 14.1. The zero-order chi connectivity index (χ0) is 14.8. The summed E-state index contributed by atoms with van der Waals surface area (Å²) in [7, 11) is -1.82. The third-order valence-electron chi connectivity index (χ3n) is 4.13. The van der Waals surface area contributed by atoms with Gasteiger partial charge in [0.25, 0.3) is 8.32 Å². The number of hydrogen-bond donors (Lipinski definition) is 0. The van der Waals surface area contributed by atoms with Crippen molar-refractivity contribution in [2.24, 2.45) is 0 Å². The maximum Gasteiger partial charge on any atom is 0.258 e. The summed E-state index contributed by atoms with van der Waals surface area (Å²) in [6, 6.07) is 6.49. The smallest absolute Gasteiger partial charge is 0.258 e. The zero-order valence-corrected chi connectivity index (χ0v) is 16.4. The maximum atomic E-state index is 6.71. The van der Waals surface area contributed by atoms with Gasteiger partial charge in [0.1, 0.15) is 5.75 Å². The summed E-state index contributed by atoms with van der Waals surface area (Å²) in [4.78, 5) is 0. The first-order valence-corrected chi connectivity index (χ1v) is 10.4. The number of aryl methyl sites for hydroxylation is 1. The van der Waals surface area contributed by atoms with E-state index in [4.69, 9.17) is 4.43 Å². The molecule has 0 N–H and O–H groups in total. The lowest BCUT2D eigenvalue weighted by molar-refractivity contribution is 0.477. The third kappa shape index (κ3) is 3.54. The van der Waals surface area contributed by atoms with Crippen LogP contribution in [0.3, 0.4) is 0 Å². The minimum absolute atomic E-state index is 0.617. The Labute approximate surface area is 133 Å². The molecule has 0 fully saturated rings. The molecule has 0 aliphatic rings. The molecule has 1 aromatic carbocycles. The molecule has 0 radical (unpaired) electrons. The molecule has 0 atom stereocenters. The average molecular weight is 390 g/mol. The Morgan fingerprint density at radius 1 is 0.947 bits per heavy atom. The molecule has 0 bridgehead atoms. The molecule has 0 saturated carbocycles. The first kappa shape index (κ1) is 17.0. The van der Waals surface area contributed by atoms with Gasteiger partial charge in [-0.2, -0.15) is 0 Å². The van der Waals surface area contributed by atoms with Crippen LogP contribution in [-0.4, -0.2) is 8.32 Å². The van der Waals surface area contributed by atoms with Crippen LogP contribution in [0.4, 0.5) is 0 Å². The molecule has 3 heteroatoms. The quantitative estimate of drug-likeness (QED) is 0.433. The van der Waals surface area contributed by atoms with E-state index in [1.54, 1.807) is 0 Å². The van der Waals surface area contributed by atoms with Gasteiger partial charge < -0.3 is 4.43 Å². The summed E-state index contributed by atoms with van der Waals surface area (Å²) in [6.45, 7) is 16.1. The van der Waals surface area contributed by atoms with E-state index in [0.717, 1.165) is 5.75 Å². The third-order valence-corrected chi connectivity index (χ3v) is 10.8. The number of halogens is 1. The van der Waals surface area contributed by atoms with Crippen molar-refractivity contribution < 1.29 is 4.43 Å². The first-order valence-electron chi connectivity index (χ1n) is 7.17. The second-order valence-electron chi connectivity index (χ2n) is 6.33. The molecule has 0 spiro atoms. The van der Waals surface area contributed by atoms with Crippen molar-refractivity contribution in [1.82, 2.24) is 0 Å². The standard InChI is InChI=1S/C16H27IOSi/c1-11(2)19(12(3)4,13(5)6)18-16-9-8-15(17)10-14(16)7/h8-13H,1-7H3. The van der Waals surface area contributed by atoms with Gasteiger partial charge in [0.15, 0.2) is 0 Å². The highest BCUT2D eigenvalue weighted by atomic mass is 127. The van der Waals surface area contributed by atoms with Crippen molar-refractivity contribution in [3.8, 4) is 5.75 Å². The molecule has 0 saturated heterocycles. The van der Waals surface area contributed by atoms with E-state index >= 15 is 0 Å². The van der Waals surface area contributed by atoms with Gasteiger partial charge in [-0.25, -0.2) is 0 Å². The zero-order valence-electron chi connectivity index (χ0n) is 13.3. The van der Waals surface area contributed by atoms with Gasteiger partial charge in [-0.15, -0.1) is 0 Å². The molecule has 19 heavy (non-hydrogen) atoms. The summed E-state index contributed by atoms with van der Waals surface area (Å²) in [6.07, 6.45) is 0. The number of rotatable bonds is 5. The van der Waals surface area contributed by atoms with Crippen LogP contribution in [0.1, 0.15) is 47.1 Å². The number of benzene rings is 1. The summed E-state index contributed by atoms with van der Waals surface area (Å²) in [5, 5.41) is 0. The van der Waals surface area contributed by atoms with Gasteiger partial charge in [0, 0.05) is 3.57 Å². The highest BCUT2D eigenvalue weighted by Gasteiger charge is 2.47. The molecule has 0 aliphatic heterocycles. The Bertz CT molecular complexity index is 405. The van der Waals surface area contributed by atoms with Crippen molar-refractivity contribution in [3.05, 3.63) is 27.3 Å². The van der Waals surface area contributed by atoms with Crippen LogP contribution in [0.2, 0.25) is 16.6 Å². The largest absolute Gasteiger partial charge is 0.543 e. The van der Waals surface area contributed by atoms with E-state index in [-0.39, 0.29) is 0 Å². The topological polar surface area (TPSA) is 9.23 Å². The van der Waals surface area contributed by atoms with Gasteiger partial charge >= 0.3 is 0 Å². The van der Waals surface area contributed by atoms with Crippen molar-refractivity contribution in [2.75, 3.05) is 0 Å². The minimum Gasteiger partial charge on any atom is -0.543 e. The summed E-state index contributed by atoms with van der Waals surface area (Å²) in [5.41, 5.74) is 3.11. The molecule has 1 aromatic rings. The van der Waals surface area contributed by atoms with Crippen LogP contribution in [0.15, 0.2) is 18.2 Å². The summed E-state index contributed by atoms with van der Waals surface area (Å²) in [5.74, 6) is 1.09. The van der Waals surface area contributed by atoms with Crippen molar-refractivity contribution >= 4 is 30.9 Å². The predicted octanol–water partition coefficient (Wildman–Crippen LogP) is 6.15. The van der Waals surface area contributed by atoms with E-state index in [9.17, 15) is 0 Å². The first-order chi connectivity index (χ1) is 8.71. The Hall–Kier alpha value is -0.0331. The molecule has 0 amide bonds. The molecule has 0 heterocycles. The van der Waals surface area contributed by atoms with Crippen LogP contribution in [0.25, 0.3) is 0 Å². The second-order valence-corrected chi connectivity index (χ2v) is 13.0. The van der Waals surface area contributed by atoms with Gasteiger partial charge in [0.2, 0.25) is 0 Å². The molecule has 0 unspecified atom stereocenters. The van der Waals surface area contributed by atoms with Gasteiger partial charge in [-0.3, -0.25) is 0 Å². The van der Waals surface area contributed by atoms with E-state index in [2.05, 4.69) is 89.3 Å². The molecule has 1 rings (SSSR count). The monoisotopic (exact) mass is 390 g/mol. The SMILES string of the molecule is Cc1cc(I)ccc1O[Si](C(C)C)(C(C)C)C(C)C. The van der Waals surface area contributed by atoms with Crippen LogP contribution in [0.5, 0.6) is 5.75 Å². The van der Waals surface area contributed by atoms with Crippen molar-refractivity contribution in [2.45, 2.75) is 65.1 Å². The van der Waals surface area contributed by atoms with E-state index in [1.165, 1.54) is 9.13 Å². The lowest BCUT2D eigenvalue weighted by Gasteiger charge is -2.42. The lowest BCUT2D eigenvalue weighted by atomic mass is 10.2.